The van der Waals surface area contributed by atoms with E-state index in [0.29, 0.717) is 5.56 Å². The van der Waals surface area contributed by atoms with Crippen molar-refractivity contribution in [3.05, 3.63) is 178 Å². The second-order valence-electron chi connectivity index (χ2n) is 14.3. The van der Waals surface area contributed by atoms with Gasteiger partial charge in [0, 0.05) is 34.4 Å². The van der Waals surface area contributed by atoms with Gasteiger partial charge in [0.2, 0.25) is 0 Å². The minimum absolute atomic E-state index is 0.0138. The Balaban J connectivity index is 1.18. The van der Waals surface area contributed by atoms with Gasteiger partial charge < -0.3 is 15.1 Å². The molecule has 0 radical (unpaired) electrons. The molecule has 0 N–H and O–H groups in total. The summed E-state index contributed by atoms with van der Waals surface area (Å²) in [7, 11) is 0. The van der Waals surface area contributed by atoms with Crippen LogP contribution >= 0.6 is 0 Å². The fraction of sp³-hybridized carbons (Fsp3) is 0.222. The van der Waals surface area contributed by atoms with Crippen LogP contribution in [-0.4, -0.2) is 12.1 Å². The second-order valence-corrected chi connectivity index (χ2v) is 14.3. The molecule has 5 unspecified atom stereocenters. The van der Waals surface area contributed by atoms with E-state index in [9.17, 15) is 5.26 Å². The molecule has 1 fully saturated rings. The van der Waals surface area contributed by atoms with Gasteiger partial charge in [-0.2, -0.15) is 5.26 Å². The predicted octanol–water partition coefficient (Wildman–Crippen LogP) is 11.0. The second kappa shape index (κ2) is 11.4. The smallest absolute Gasteiger partial charge is 0.0991 e. The largest absolute Gasteiger partial charge is 0.630 e. The number of rotatable bonds is 5. The summed E-state index contributed by atoms with van der Waals surface area (Å²) in [6.07, 6.45) is 9.88. The summed E-state index contributed by atoms with van der Waals surface area (Å²) in [6.45, 7) is 7.00. The molecule has 2 aliphatic heterocycles. The molecule has 49 heavy (non-hydrogen) atoms. The molecule has 4 nitrogen and oxygen atoms in total. The molecule has 9 rings (SSSR count). The fourth-order valence-electron chi connectivity index (χ4n) is 9.02. The Morgan fingerprint density at radius 1 is 0.735 bits per heavy atom. The van der Waals surface area contributed by atoms with Crippen LogP contribution in [0.1, 0.15) is 78.7 Å². The molecule has 4 aliphatic rings. The topological polar surface area (TPSA) is 44.4 Å². The molecule has 5 atom stereocenters. The summed E-state index contributed by atoms with van der Waals surface area (Å²) < 4.78 is 0. The van der Waals surface area contributed by atoms with Crippen molar-refractivity contribution in [2.75, 3.05) is 9.80 Å². The summed E-state index contributed by atoms with van der Waals surface area (Å²) in [5.74, 6) is 0.280. The Kier molecular flexibility index (Phi) is 6.90. The van der Waals surface area contributed by atoms with Gasteiger partial charge in [-0.15, -0.1) is 0 Å². The van der Waals surface area contributed by atoms with Gasteiger partial charge in [-0.3, -0.25) is 0 Å². The molecule has 1 saturated heterocycles. The Bertz CT molecular complexity index is 2190. The van der Waals surface area contributed by atoms with E-state index in [1.165, 1.54) is 44.8 Å². The molecule has 0 aromatic heterocycles. The summed E-state index contributed by atoms with van der Waals surface area (Å²) in [6, 6.07) is 44.3. The first-order valence-electron chi connectivity index (χ1n) is 17.5. The molecule has 4 heteroatoms. The van der Waals surface area contributed by atoms with E-state index < -0.39 is 0 Å². The number of nitriles is 1. The maximum absolute atomic E-state index is 9.78. The van der Waals surface area contributed by atoms with Gasteiger partial charge in [0.05, 0.1) is 17.7 Å². The first kappa shape index (κ1) is 29.7. The van der Waals surface area contributed by atoms with E-state index in [2.05, 4.69) is 158 Å². The van der Waals surface area contributed by atoms with Gasteiger partial charge in [0.25, 0.3) is 0 Å². The summed E-state index contributed by atoms with van der Waals surface area (Å²) >= 11 is 0. The van der Waals surface area contributed by atoms with Crippen LogP contribution < -0.4 is 9.80 Å². The highest BCUT2D eigenvalue weighted by molar-refractivity contribution is 5.88. The zero-order valence-corrected chi connectivity index (χ0v) is 28.2. The van der Waals surface area contributed by atoms with Crippen molar-refractivity contribution in [1.29, 1.82) is 5.26 Å². The fourth-order valence-corrected chi connectivity index (χ4v) is 9.02. The van der Waals surface area contributed by atoms with E-state index in [1.54, 1.807) is 0 Å². The highest BCUT2D eigenvalue weighted by Gasteiger charge is 2.43. The molecule has 0 saturated carbocycles. The predicted molar refractivity (Wildman–Crippen MR) is 200 cm³/mol. The first-order chi connectivity index (χ1) is 24.0. The third-order valence-electron chi connectivity index (χ3n) is 11.3. The SMILES string of the molecule is CCC1C(c2ccccc2)[N-]C(c2cccc(C#N)c2)N1c1cccc(N2c3cc4c(cc3C3C=CC=CC32)C(C)(C)c2ccccc2-4)c1. The van der Waals surface area contributed by atoms with Crippen molar-refractivity contribution in [3.63, 3.8) is 0 Å². The van der Waals surface area contributed by atoms with Crippen molar-refractivity contribution in [1.82, 2.24) is 0 Å². The van der Waals surface area contributed by atoms with E-state index in [-0.39, 0.29) is 35.6 Å². The van der Waals surface area contributed by atoms with Crippen LogP contribution in [0.25, 0.3) is 16.4 Å². The summed E-state index contributed by atoms with van der Waals surface area (Å²) in [5, 5.41) is 15.3. The highest BCUT2D eigenvalue weighted by atomic mass is 15.4. The molecule has 0 spiro atoms. The maximum Gasteiger partial charge on any atom is 0.0991 e. The zero-order chi connectivity index (χ0) is 33.3. The molecule has 5 aromatic rings. The standard InChI is InChI=1S/C45H39N4/c1-4-40-43(30-15-6-5-7-16-30)47-44(31-17-12-14-29(24-31)28-46)49(40)33-19-13-18-32(25-33)48-41-23-11-9-21-35(41)37-26-39-36(27-42(37)48)34-20-8-10-22-38(34)45(39,2)3/h5-27,35,40-41,43-44H,4H2,1-3H3/q-1. The minimum atomic E-state index is -0.211. The number of benzene rings is 5. The number of fused-ring (bicyclic) bond motifs is 6. The van der Waals surface area contributed by atoms with Crippen molar-refractivity contribution in [2.45, 2.75) is 62.8 Å². The van der Waals surface area contributed by atoms with Gasteiger partial charge in [-0.05, 0) is 82.4 Å². The molecular weight excluding hydrogens is 597 g/mol. The Morgan fingerprint density at radius 3 is 2.33 bits per heavy atom. The quantitative estimate of drug-likeness (QED) is 0.193. The Hall–Kier alpha value is -5.37. The average molecular weight is 636 g/mol. The Labute approximate surface area is 289 Å². The van der Waals surface area contributed by atoms with Gasteiger partial charge in [0.15, 0.2) is 0 Å². The molecule has 0 bridgehead atoms. The van der Waals surface area contributed by atoms with Crippen LogP contribution in [0.3, 0.4) is 0 Å². The van der Waals surface area contributed by atoms with Crippen LogP contribution in [0, 0.1) is 11.3 Å². The lowest BCUT2D eigenvalue weighted by Gasteiger charge is -2.38. The van der Waals surface area contributed by atoms with Crippen LogP contribution in [0.4, 0.5) is 17.1 Å². The van der Waals surface area contributed by atoms with E-state index >= 15 is 0 Å². The van der Waals surface area contributed by atoms with E-state index in [0.717, 1.165) is 17.7 Å². The first-order valence-corrected chi connectivity index (χ1v) is 17.5. The van der Waals surface area contributed by atoms with Gasteiger partial charge >= 0.3 is 0 Å². The lowest BCUT2D eigenvalue weighted by molar-refractivity contribution is 0.582. The number of hydrogen-bond donors (Lipinski definition) is 0. The van der Waals surface area contributed by atoms with Crippen LogP contribution in [0.2, 0.25) is 0 Å². The molecule has 240 valence electrons. The number of hydrogen-bond acceptors (Lipinski definition) is 3. The van der Waals surface area contributed by atoms with Crippen LogP contribution in [0.15, 0.2) is 140 Å². The van der Waals surface area contributed by atoms with Crippen molar-refractivity contribution in [3.8, 4) is 17.2 Å². The number of allylic oxidation sites excluding steroid dienone is 2. The van der Waals surface area contributed by atoms with E-state index in [4.69, 9.17) is 5.32 Å². The number of anilines is 3. The van der Waals surface area contributed by atoms with Gasteiger partial charge in [-0.1, -0.05) is 136 Å². The van der Waals surface area contributed by atoms with Gasteiger partial charge in [0.1, 0.15) is 0 Å². The minimum Gasteiger partial charge on any atom is -0.630 e. The molecule has 5 aromatic carbocycles. The third-order valence-corrected chi connectivity index (χ3v) is 11.3. The highest BCUT2D eigenvalue weighted by Crippen LogP contribution is 2.56. The Morgan fingerprint density at radius 2 is 1.49 bits per heavy atom. The maximum atomic E-state index is 9.78. The lowest BCUT2D eigenvalue weighted by Crippen LogP contribution is -2.34. The molecule has 2 heterocycles. The lowest BCUT2D eigenvalue weighted by atomic mass is 9.80. The molecular formula is C45H39N4-. The zero-order valence-electron chi connectivity index (χ0n) is 28.2. The average Bonchev–Trinajstić information content (AvgIpc) is 3.77. The number of nitrogens with zero attached hydrogens (tertiary/aromatic N) is 4. The van der Waals surface area contributed by atoms with E-state index in [1.807, 2.05) is 18.2 Å². The monoisotopic (exact) mass is 635 g/mol. The van der Waals surface area contributed by atoms with Crippen LogP contribution in [-0.2, 0) is 5.41 Å². The normalized spacial score (nSPS) is 23.9. The molecule has 2 aliphatic carbocycles. The third kappa shape index (κ3) is 4.53. The summed E-state index contributed by atoms with van der Waals surface area (Å²) in [5.41, 5.74) is 13.4. The van der Waals surface area contributed by atoms with Gasteiger partial charge in [-0.25, -0.2) is 0 Å². The summed E-state index contributed by atoms with van der Waals surface area (Å²) in [4.78, 5) is 5.07. The molecule has 0 amide bonds. The van der Waals surface area contributed by atoms with Crippen molar-refractivity contribution < 1.29 is 0 Å². The van der Waals surface area contributed by atoms with Crippen molar-refractivity contribution >= 4 is 17.1 Å². The van der Waals surface area contributed by atoms with Crippen LogP contribution in [0.5, 0.6) is 0 Å². The van der Waals surface area contributed by atoms with Crippen molar-refractivity contribution in [2.24, 2.45) is 0 Å².